The minimum absolute atomic E-state index is 0.244. The predicted molar refractivity (Wildman–Crippen MR) is 134 cm³/mol. The van der Waals surface area contributed by atoms with E-state index in [9.17, 15) is 13.2 Å². The lowest BCUT2D eigenvalue weighted by atomic mass is 10.1. The van der Waals surface area contributed by atoms with E-state index in [2.05, 4.69) is 5.32 Å². The second-order valence-electron chi connectivity index (χ2n) is 8.24. The van der Waals surface area contributed by atoms with Crippen LogP contribution < -0.4 is 10.1 Å². The van der Waals surface area contributed by atoms with Crippen LogP contribution in [0.4, 0.5) is 5.69 Å². The van der Waals surface area contributed by atoms with Gasteiger partial charge >= 0.3 is 0 Å². The van der Waals surface area contributed by atoms with Gasteiger partial charge in [0.2, 0.25) is 10.0 Å². The molecule has 3 aromatic rings. The molecular formula is C26H27ClN2O4S. The summed E-state index contributed by atoms with van der Waals surface area (Å²) in [6.45, 7) is 1.42. The van der Waals surface area contributed by atoms with Gasteiger partial charge in [0.05, 0.1) is 4.90 Å². The van der Waals surface area contributed by atoms with E-state index in [1.54, 1.807) is 71.0 Å². The van der Waals surface area contributed by atoms with E-state index in [1.165, 1.54) is 0 Å². The van der Waals surface area contributed by atoms with Gasteiger partial charge in [-0.3, -0.25) is 4.79 Å². The zero-order valence-electron chi connectivity index (χ0n) is 18.7. The van der Waals surface area contributed by atoms with Crippen molar-refractivity contribution in [2.24, 2.45) is 0 Å². The number of benzene rings is 3. The van der Waals surface area contributed by atoms with Gasteiger partial charge in [-0.15, -0.1) is 0 Å². The van der Waals surface area contributed by atoms with E-state index in [-0.39, 0.29) is 10.8 Å². The summed E-state index contributed by atoms with van der Waals surface area (Å²) in [6, 6.07) is 20.6. The zero-order valence-corrected chi connectivity index (χ0v) is 20.3. The van der Waals surface area contributed by atoms with Crippen molar-refractivity contribution in [1.82, 2.24) is 4.31 Å². The second kappa shape index (κ2) is 11.0. The third kappa shape index (κ3) is 6.17. The van der Waals surface area contributed by atoms with Crippen LogP contribution in [0.3, 0.4) is 0 Å². The monoisotopic (exact) mass is 498 g/mol. The first-order valence-corrected chi connectivity index (χ1v) is 13.1. The number of nitrogens with one attached hydrogen (secondary N) is 1. The molecule has 0 unspecified atom stereocenters. The van der Waals surface area contributed by atoms with Crippen LogP contribution in [0, 0.1) is 0 Å². The summed E-state index contributed by atoms with van der Waals surface area (Å²) in [5, 5.41) is 3.47. The number of hydrogen-bond donors (Lipinski definition) is 1. The van der Waals surface area contributed by atoms with E-state index in [1.807, 2.05) is 6.07 Å². The molecule has 4 rings (SSSR count). The largest absolute Gasteiger partial charge is 0.489 e. The molecule has 0 atom stereocenters. The van der Waals surface area contributed by atoms with E-state index < -0.39 is 10.0 Å². The average molecular weight is 499 g/mol. The van der Waals surface area contributed by atoms with Crippen molar-refractivity contribution in [3.63, 3.8) is 0 Å². The standard InChI is InChI=1S/C26H27ClN2O4S/c27-22-8-12-24(13-9-22)33-19-20-6-5-7-21(18-20)26(30)28-23-10-14-25(15-11-23)34(31,32)29-16-3-1-2-4-17-29/h5-15,18H,1-4,16-17,19H2,(H,28,30). The lowest BCUT2D eigenvalue weighted by Crippen LogP contribution is -2.31. The van der Waals surface area contributed by atoms with Crippen molar-refractivity contribution in [2.75, 3.05) is 18.4 Å². The molecule has 1 N–H and O–H groups in total. The number of carbonyl (C=O) groups is 1. The highest BCUT2D eigenvalue weighted by molar-refractivity contribution is 7.89. The summed E-state index contributed by atoms with van der Waals surface area (Å²) in [4.78, 5) is 13.0. The SMILES string of the molecule is O=C(Nc1ccc(S(=O)(=O)N2CCCCCC2)cc1)c1cccc(COc2ccc(Cl)cc2)c1. The summed E-state index contributed by atoms with van der Waals surface area (Å²) in [5.41, 5.74) is 1.86. The van der Waals surface area contributed by atoms with Gasteiger partial charge in [0, 0.05) is 29.4 Å². The maximum Gasteiger partial charge on any atom is 0.255 e. The summed E-state index contributed by atoms with van der Waals surface area (Å²) in [6.07, 6.45) is 3.89. The maximum absolute atomic E-state index is 12.9. The first kappa shape index (κ1) is 24.3. The minimum Gasteiger partial charge on any atom is -0.489 e. The smallest absolute Gasteiger partial charge is 0.255 e. The molecule has 3 aromatic carbocycles. The van der Waals surface area contributed by atoms with Crippen molar-refractivity contribution in [3.8, 4) is 5.75 Å². The van der Waals surface area contributed by atoms with Crippen LogP contribution in [0.15, 0.2) is 77.7 Å². The van der Waals surface area contributed by atoms with Crippen LogP contribution >= 0.6 is 11.6 Å². The van der Waals surface area contributed by atoms with Crippen LogP contribution in [0.1, 0.15) is 41.6 Å². The number of ether oxygens (including phenoxy) is 1. The molecule has 1 aliphatic heterocycles. The molecule has 178 valence electrons. The fraction of sp³-hybridized carbons (Fsp3) is 0.269. The van der Waals surface area contributed by atoms with E-state index >= 15 is 0 Å². The number of hydrogen-bond acceptors (Lipinski definition) is 4. The molecule has 8 heteroatoms. The lowest BCUT2D eigenvalue weighted by Gasteiger charge is -2.20. The highest BCUT2D eigenvalue weighted by Crippen LogP contribution is 2.22. The van der Waals surface area contributed by atoms with Gasteiger partial charge in [0.15, 0.2) is 0 Å². The van der Waals surface area contributed by atoms with Gasteiger partial charge in [0.1, 0.15) is 12.4 Å². The van der Waals surface area contributed by atoms with Crippen LogP contribution in [0.25, 0.3) is 0 Å². The van der Waals surface area contributed by atoms with Gasteiger partial charge < -0.3 is 10.1 Å². The Morgan fingerprint density at radius 1 is 0.912 bits per heavy atom. The second-order valence-corrected chi connectivity index (χ2v) is 10.6. The number of halogens is 1. The Labute approximate surface area is 205 Å². The Kier molecular flexibility index (Phi) is 7.88. The Morgan fingerprint density at radius 3 is 2.26 bits per heavy atom. The Bertz CT molecular complexity index is 1220. The molecule has 0 bridgehead atoms. The van der Waals surface area contributed by atoms with E-state index in [0.29, 0.717) is 41.7 Å². The first-order valence-electron chi connectivity index (χ1n) is 11.3. The van der Waals surface area contributed by atoms with Crippen molar-refractivity contribution < 1.29 is 17.9 Å². The summed E-state index contributed by atoms with van der Waals surface area (Å²) in [7, 11) is -3.52. The fourth-order valence-corrected chi connectivity index (χ4v) is 5.49. The molecule has 1 aliphatic rings. The maximum atomic E-state index is 12.9. The predicted octanol–water partition coefficient (Wildman–Crippen LogP) is 5.74. The highest BCUT2D eigenvalue weighted by Gasteiger charge is 2.25. The molecule has 1 fully saturated rings. The topological polar surface area (TPSA) is 75.7 Å². The fourth-order valence-electron chi connectivity index (χ4n) is 3.84. The quantitative estimate of drug-likeness (QED) is 0.451. The highest BCUT2D eigenvalue weighted by atomic mass is 35.5. The van der Waals surface area contributed by atoms with Gasteiger partial charge in [-0.05, 0) is 79.1 Å². The molecule has 0 aromatic heterocycles. The first-order chi connectivity index (χ1) is 16.4. The van der Waals surface area contributed by atoms with Gasteiger partial charge in [-0.1, -0.05) is 36.6 Å². The van der Waals surface area contributed by atoms with Crippen molar-refractivity contribution in [3.05, 3.63) is 88.9 Å². The lowest BCUT2D eigenvalue weighted by molar-refractivity contribution is 0.102. The molecule has 1 heterocycles. The summed E-state index contributed by atoms with van der Waals surface area (Å²) in [5.74, 6) is 0.408. The third-order valence-corrected chi connectivity index (χ3v) is 7.89. The average Bonchev–Trinajstić information content (AvgIpc) is 3.15. The minimum atomic E-state index is -3.52. The number of amides is 1. The Hall–Kier alpha value is -2.87. The van der Waals surface area contributed by atoms with Crippen LogP contribution in [0.5, 0.6) is 5.75 Å². The molecule has 34 heavy (non-hydrogen) atoms. The molecular weight excluding hydrogens is 472 g/mol. The van der Waals surface area contributed by atoms with Gasteiger partial charge in [-0.2, -0.15) is 4.31 Å². The van der Waals surface area contributed by atoms with Gasteiger partial charge in [-0.25, -0.2) is 8.42 Å². The van der Waals surface area contributed by atoms with Crippen LogP contribution in [-0.2, 0) is 16.6 Å². The Morgan fingerprint density at radius 2 is 1.59 bits per heavy atom. The summed E-state index contributed by atoms with van der Waals surface area (Å²) < 4.78 is 33.2. The van der Waals surface area contributed by atoms with Crippen molar-refractivity contribution >= 4 is 33.2 Å². The van der Waals surface area contributed by atoms with Crippen LogP contribution in [0.2, 0.25) is 5.02 Å². The molecule has 0 radical (unpaired) electrons. The number of carbonyl (C=O) groups excluding carboxylic acids is 1. The van der Waals surface area contributed by atoms with Crippen molar-refractivity contribution in [1.29, 1.82) is 0 Å². The Balaban J connectivity index is 1.38. The number of sulfonamides is 1. The normalized spacial score (nSPS) is 14.9. The molecule has 6 nitrogen and oxygen atoms in total. The van der Waals surface area contributed by atoms with Crippen molar-refractivity contribution in [2.45, 2.75) is 37.2 Å². The number of rotatable bonds is 7. The molecule has 1 saturated heterocycles. The third-order valence-electron chi connectivity index (χ3n) is 5.72. The molecule has 1 amide bonds. The van der Waals surface area contributed by atoms with E-state index in [4.69, 9.17) is 16.3 Å². The van der Waals surface area contributed by atoms with Gasteiger partial charge in [0.25, 0.3) is 5.91 Å². The summed E-state index contributed by atoms with van der Waals surface area (Å²) >= 11 is 5.89. The molecule has 0 spiro atoms. The number of anilines is 1. The molecule has 0 saturated carbocycles. The molecule has 0 aliphatic carbocycles. The van der Waals surface area contributed by atoms with E-state index in [0.717, 1.165) is 31.2 Å². The number of nitrogens with zero attached hydrogens (tertiary/aromatic N) is 1. The zero-order chi connectivity index (χ0) is 24.0. The van der Waals surface area contributed by atoms with Crippen LogP contribution in [-0.4, -0.2) is 31.7 Å².